The molecule has 4 heteroatoms. The molecule has 1 aromatic rings. The Hall–Kier alpha value is -1.00. The Morgan fingerprint density at radius 2 is 2.11 bits per heavy atom. The summed E-state index contributed by atoms with van der Waals surface area (Å²) in [4.78, 5) is 9.13. The summed E-state index contributed by atoms with van der Waals surface area (Å²) in [5.74, 6) is 1.34. The molecule has 2 aliphatic rings. The Morgan fingerprint density at radius 3 is 2.72 bits per heavy atom. The van der Waals surface area contributed by atoms with Gasteiger partial charge in [-0.05, 0) is 31.7 Å². The molecule has 2 heterocycles. The second-order valence-corrected chi connectivity index (χ2v) is 5.48. The Balaban J connectivity index is 1.84. The normalized spacial score (nSPS) is 23.6. The van der Waals surface area contributed by atoms with Crippen molar-refractivity contribution in [2.24, 2.45) is 0 Å². The maximum absolute atomic E-state index is 9.59. The lowest BCUT2D eigenvalue weighted by Crippen LogP contribution is -2.40. The smallest absolute Gasteiger partial charge is 0.136 e. The number of ether oxygens (including phenoxy) is 1. The molecule has 3 rings (SSSR count). The minimum Gasteiger partial charge on any atom is -0.395 e. The molecule has 1 aliphatic heterocycles. The molecule has 0 unspecified atom stereocenters. The zero-order valence-corrected chi connectivity index (χ0v) is 10.6. The number of aliphatic hydroxyl groups is 1. The monoisotopic (exact) mass is 248 g/mol. The number of aliphatic hydroxyl groups excluding tert-OH is 1. The summed E-state index contributed by atoms with van der Waals surface area (Å²) in [5, 5.41) is 9.59. The van der Waals surface area contributed by atoms with Crippen LogP contribution in [0.25, 0.3) is 0 Å². The Bertz CT molecular complexity index is 407. The lowest BCUT2D eigenvalue weighted by atomic mass is 9.68. The van der Waals surface area contributed by atoms with Crippen LogP contribution in [0, 0.1) is 0 Å². The van der Waals surface area contributed by atoms with Crippen LogP contribution in [0.15, 0.2) is 12.3 Å². The maximum Gasteiger partial charge on any atom is 0.136 e. The zero-order chi connectivity index (χ0) is 12.4. The van der Waals surface area contributed by atoms with Crippen molar-refractivity contribution in [2.45, 2.75) is 43.4 Å². The van der Waals surface area contributed by atoms with Crippen LogP contribution in [-0.4, -0.2) is 34.9 Å². The van der Waals surface area contributed by atoms with Crippen LogP contribution >= 0.6 is 0 Å². The van der Waals surface area contributed by atoms with E-state index in [0.717, 1.165) is 50.4 Å². The molecule has 1 N–H and O–H groups in total. The fourth-order valence-electron chi connectivity index (χ4n) is 2.90. The first-order valence-electron chi connectivity index (χ1n) is 6.86. The molecule has 0 amide bonds. The molecule has 18 heavy (non-hydrogen) atoms. The number of nitrogens with zero attached hydrogens (tertiary/aromatic N) is 2. The van der Waals surface area contributed by atoms with Gasteiger partial charge in [-0.2, -0.15) is 0 Å². The second-order valence-electron chi connectivity index (χ2n) is 5.48. The van der Waals surface area contributed by atoms with E-state index in [9.17, 15) is 5.11 Å². The standard InChI is InChI=1S/C14H20N2O2/c17-10-14(5-1-6-14)13-15-7-2-12(16-13)11-3-8-18-9-4-11/h2,7,11,17H,1,3-6,8-10H2. The molecule has 0 radical (unpaired) electrons. The molecular formula is C14H20N2O2. The van der Waals surface area contributed by atoms with Gasteiger partial charge in [-0.3, -0.25) is 0 Å². The van der Waals surface area contributed by atoms with E-state index < -0.39 is 0 Å². The summed E-state index contributed by atoms with van der Waals surface area (Å²) < 4.78 is 5.39. The van der Waals surface area contributed by atoms with Gasteiger partial charge in [-0.25, -0.2) is 9.97 Å². The first-order valence-corrected chi connectivity index (χ1v) is 6.86. The van der Waals surface area contributed by atoms with Gasteiger partial charge >= 0.3 is 0 Å². The Kier molecular flexibility index (Phi) is 3.31. The fourth-order valence-corrected chi connectivity index (χ4v) is 2.90. The van der Waals surface area contributed by atoms with Gasteiger partial charge in [0.1, 0.15) is 5.82 Å². The van der Waals surface area contributed by atoms with Crippen molar-refractivity contribution in [3.05, 3.63) is 23.8 Å². The lowest BCUT2D eigenvalue weighted by molar-refractivity contribution is 0.0836. The molecule has 0 aromatic carbocycles. The summed E-state index contributed by atoms with van der Waals surface area (Å²) in [6.45, 7) is 1.83. The van der Waals surface area contributed by atoms with Gasteiger partial charge in [0.15, 0.2) is 0 Å². The van der Waals surface area contributed by atoms with Crippen molar-refractivity contribution < 1.29 is 9.84 Å². The molecule has 4 nitrogen and oxygen atoms in total. The fraction of sp³-hybridized carbons (Fsp3) is 0.714. The van der Waals surface area contributed by atoms with Gasteiger partial charge in [0.05, 0.1) is 12.0 Å². The van der Waals surface area contributed by atoms with Gasteiger partial charge in [0.25, 0.3) is 0 Å². The van der Waals surface area contributed by atoms with Crippen LogP contribution in [-0.2, 0) is 10.2 Å². The predicted octanol–water partition coefficient (Wildman–Crippen LogP) is 1.78. The third kappa shape index (κ3) is 2.04. The van der Waals surface area contributed by atoms with Crippen molar-refractivity contribution in [3.8, 4) is 0 Å². The molecule has 0 bridgehead atoms. The second kappa shape index (κ2) is 4.94. The van der Waals surface area contributed by atoms with Crippen molar-refractivity contribution in [3.63, 3.8) is 0 Å². The van der Waals surface area contributed by atoms with Crippen LogP contribution in [0.1, 0.15) is 49.5 Å². The molecule has 98 valence electrons. The van der Waals surface area contributed by atoms with E-state index in [0.29, 0.717) is 5.92 Å². The van der Waals surface area contributed by atoms with Gasteiger partial charge in [0.2, 0.25) is 0 Å². The minimum absolute atomic E-state index is 0.152. The summed E-state index contributed by atoms with van der Waals surface area (Å²) >= 11 is 0. The number of aromatic nitrogens is 2. The largest absolute Gasteiger partial charge is 0.395 e. The number of rotatable bonds is 3. The van der Waals surface area contributed by atoms with Crippen LogP contribution in [0.3, 0.4) is 0 Å². The quantitative estimate of drug-likeness (QED) is 0.886. The van der Waals surface area contributed by atoms with E-state index >= 15 is 0 Å². The SMILES string of the molecule is OCC1(c2nccc(C3CCOCC3)n2)CCC1. The molecule has 0 atom stereocenters. The van der Waals surface area contributed by atoms with Crippen molar-refractivity contribution >= 4 is 0 Å². The molecule has 1 saturated carbocycles. The average molecular weight is 248 g/mol. The lowest BCUT2D eigenvalue weighted by Gasteiger charge is -2.38. The highest BCUT2D eigenvalue weighted by Crippen LogP contribution is 2.41. The highest BCUT2D eigenvalue weighted by atomic mass is 16.5. The van der Waals surface area contributed by atoms with E-state index in [-0.39, 0.29) is 12.0 Å². The molecule has 2 fully saturated rings. The van der Waals surface area contributed by atoms with Crippen LogP contribution in [0.2, 0.25) is 0 Å². The van der Waals surface area contributed by atoms with Gasteiger partial charge in [-0.1, -0.05) is 6.42 Å². The minimum atomic E-state index is -0.152. The zero-order valence-electron chi connectivity index (χ0n) is 10.6. The van der Waals surface area contributed by atoms with E-state index in [2.05, 4.69) is 4.98 Å². The summed E-state index contributed by atoms with van der Waals surface area (Å²) in [7, 11) is 0. The Morgan fingerprint density at radius 1 is 1.33 bits per heavy atom. The summed E-state index contributed by atoms with van der Waals surface area (Å²) in [6, 6.07) is 2.02. The topological polar surface area (TPSA) is 55.2 Å². The van der Waals surface area contributed by atoms with E-state index in [1.807, 2.05) is 12.3 Å². The predicted molar refractivity (Wildman–Crippen MR) is 67.4 cm³/mol. The Labute approximate surface area is 107 Å². The molecule has 1 saturated heterocycles. The first-order chi connectivity index (χ1) is 8.84. The van der Waals surface area contributed by atoms with Crippen molar-refractivity contribution in [1.29, 1.82) is 0 Å². The van der Waals surface area contributed by atoms with E-state index in [1.165, 1.54) is 6.42 Å². The first kappa shape index (κ1) is 12.1. The van der Waals surface area contributed by atoms with Crippen LogP contribution < -0.4 is 0 Å². The average Bonchev–Trinajstić information content (AvgIpc) is 2.40. The van der Waals surface area contributed by atoms with Crippen molar-refractivity contribution in [2.75, 3.05) is 19.8 Å². The molecule has 1 aliphatic carbocycles. The van der Waals surface area contributed by atoms with E-state index in [1.54, 1.807) is 0 Å². The van der Waals surface area contributed by atoms with Gasteiger partial charge in [-0.15, -0.1) is 0 Å². The molecular weight excluding hydrogens is 228 g/mol. The van der Waals surface area contributed by atoms with Gasteiger partial charge in [0, 0.05) is 31.0 Å². The number of hydrogen-bond acceptors (Lipinski definition) is 4. The summed E-state index contributed by atoms with van der Waals surface area (Å²) in [5.41, 5.74) is 0.976. The maximum atomic E-state index is 9.59. The third-order valence-corrected chi connectivity index (χ3v) is 4.40. The molecule has 0 spiro atoms. The number of hydrogen-bond donors (Lipinski definition) is 1. The van der Waals surface area contributed by atoms with Gasteiger partial charge < -0.3 is 9.84 Å². The van der Waals surface area contributed by atoms with Crippen LogP contribution in [0.5, 0.6) is 0 Å². The van der Waals surface area contributed by atoms with E-state index in [4.69, 9.17) is 9.72 Å². The highest BCUT2D eigenvalue weighted by molar-refractivity contribution is 5.18. The summed E-state index contributed by atoms with van der Waals surface area (Å²) in [6.07, 6.45) is 7.14. The third-order valence-electron chi connectivity index (χ3n) is 4.40. The van der Waals surface area contributed by atoms with Crippen molar-refractivity contribution in [1.82, 2.24) is 9.97 Å². The molecule has 1 aromatic heterocycles. The van der Waals surface area contributed by atoms with Crippen LogP contribution in [0.4, 0.5) is 0 Å². The highest BCUT2D eigenvalue weighted by Gasteiger charge is 2.41.